The van der Waals surface area contributed by atoms with E-state index in [0.29, 0.717) is 5.82 Å². The average molecular weight is 716 g/mol. The van der Waals surface area contributed by atoms with E-state index in [1.165, 1.54) is 10.8 Å². The number of furan rings is 1. The maximum atomic E-state index is 6.39. The van der Waals surface area contributed by atoms with Crippen molar-refractivity contribution in [1.82, 2.24) is 14.5 Å². The summed E-state index contributed by atoms with van der Waals surface area (Å²) in [5.74, 6) is 0.695. The van der Waals surface area contributed by atoms with E-state index in [1.807, 2.05) is 48.5 Å². The molecule has 0 fully saturated rings. The molecule has 0 N–H and O–H groups in total. The smallest absolute Gasteiger partial charge is 0.160 e. The van der Waals surface area contributed by atoms with Crippen LogP contribution in [0.2, 0.25) is 0 Å². The van der Waals surface area contributed by atoms with Crippen molar-refractivity contribution in [2.24, 2.45) is 0 Å². The van der Waals surface area contributed by atoms with E-state index in [0.717, 1.165) is 89.0 Å². The predicted molar refractivity (Wildman–Crippen MR) is 231 cm³/mol. The minimum atomic E-state index is 0.695. The molecule has 0 bridgehead atoms. The van der Waals surface area contributed by atoms with Gasteiger partial charge < -0.3 is 8.98 Å². The number of aromatic nitrogens is 3. The Morgan fingerprint density at radius 3 is 1.71 bits per heavy atom. The van der Waals surface area contributed by atoms with E-state index in [4.69, 9.17) is 14.4 Å². The van der Waals surface area contributed by atoms with Gasteiger partial charge in [-0.15, -0.1) is 0 Å². The summed E-state index contributed by atoms with van der Waals surface area (Å²) in [5, 5.41) is 4.68. The van der Waals surface area contributed by atoms with Crippen LogP contribution in [0.25, 0.3) is 106 Å². The van der Waals surface area contributed by atoms with Crippen LogP contribution in [0.15, 0.2) is 205 Å². The number of hydrogen-bond acceptors (Lipinski definition) is 3. The molecular formula is C52H33N3O. The fraction of sp³-hybridized carbons (Fsp3) is 0. The summed E-state index contributed by atoms with van der Waals surface area (Å²) >= 11 is 0. The van der Waals surface area contributed by atoms with Crippen LogP contribution >= 0.6 is 0 Å². The van der Waals surface area contributed by atoms with Gasteiger partial charge in [-0.05, 0) is 59.2 Å². The second-order valence-electron chi connectivity index (χ2n) is 14.2. The van der Waals surface area contributed by atoms with Gasteiger partial charge in [-0.3, -0.25) is 0 Å². The highest BCUT2D eigenvalue weighted by molar-refractivity contribution is 6.16. The zero-order valence-electron chi connectivity index (χ0n) is 30.3. The van der Waals surface area contributed by atoms with Crippen molar-refractivity contribution >= 4 is 43.7 Å². The minimum Gasteiger partial charge on any atom is -0.455 e. The molecule has 3 heterocycles. The Balaban J connectivity index is 1.03. The quantitative estimate of drug-likeness (QED) is 0.172. The summed E-state index contributed by atoms with van der Waals surface area (Å²) in [6.45, 7) is 0. The minimum absolute atomic E-state index is 0.695. The highest BCUT2D eigenvalue weighted by Gasteiger charge is 2.18. The Morgan fingerprint density at radius 2 is 0.946 bits per heavy atom. The second-order valence-corrected chi connectivity index (χ2v) is 14.2. The first kappa shape index (κ1) is 31.9. The molecule has 0 aliphatic carbocycles. The maximum Gasteiger partial charge on any atom is 0.160 e. The third-order valence-electron chi connectivity index (χ3n) is 10.8. The molecule has 0 amide bonds. The SMILES string of the molecule is c1ccc(-c2cc(-c3ccccc3)nc(-c3cccc(-c4cccc5c4c4ccccc4n5-c4ccc(-c5cccc6c5oc5ccccc56)cc4)c3)n2)cc1. The molecule has 11 aromatic rings. The van der Waals surface area contributed by atoms with Crippen molar-refractivity contribution in [3.8, 4) is 61.8 Å². The molecule has 0 saturated carbocycles. The molecule has 56 heavy (non-hydrogen) atoms. The number of hydrogen-bond donors (Lipinski definition) is 0. The van der Waals surface area contributed by atoms with Gasteiger partial charge in [-0.1, -0.05) is 158 Å². The third kappa shape index (κ3) is 5.31. The van der Waals surface area contributed by atoms with Gasteiger partial charge in [0.2, 0.25) is 0 Å². The van der Waals surface area contributed by atoms with Crippen molar-refractivity contribution < 1.29 is 4.42 Å². The molecule has 0 aliphatic heterocycles. The van der Waals surface area contributed by atoms with Gasteiger partial charge in [0.05, 0.1) is 22.4 Å². The topological polar surface area (TPSA) is 43.9 Å². The summed E-state index contributed by atoms with van der Waals surface area (Å²) in [7, 11) is 0. The molecule has 4 nitrogen and oxygen atoms in total. The summed E-state index contributed by atoms with van der Waals surface area (Å²) in [5.41, 5.74) is 14.6. The van der Waals surface area contributed by atoms with Crippen LogP contribution in [0.5, 0.6) is 0 Å². The number of para-hydroxylation sites is 3. The van der Waals surface area contributed by atoms with Gasteiger partial charge in [-0.25, -0.2) is 9.97 Å². The van der Waals surface area contributed by atoms with Gasteiger partial charge >= 0.3 is 0 Å². The molecule has 4 heteroatoms. The lowest BCUT2D eigenvalue weighted by atomic mass is 9.97. The molecule has 262 valence electrons. The lowest BCUT2D eigenvalue weighted by Crippen LogP contribution is -1.96. The Bertz CT molecular complexity index is 3170. The van der Waals surface area contributed by atoms with E-state index in [-0.39, 0.29) is 0 Å². The van der Waals surface area contributed by atoms with Gasteiger partial charge in [0.15, 0.2) is 5.82 Å². The summed E-state index contributed by atoms with van der Waals surface area (Å²) in [6.07, 6.45) is 0. The summed E-state index contributed by atoms with van der Waals surface area (Å²) in [6, 6.07) is 70.2. The zero-order chi connectivity index (χ0) is 37.0. The van der Waals surface area contributed by atoms with Crippen molar-refractivity contribution in [1.29, 1.82) is 0 Å². The van der Waals surface area contributed by atoms with E-state index >= 15 is 0 Å². The Hall–Kier alpha value is -7.56. The fourth-order valence-electron chi connectivity index (χ4n) is 8.22. The summed E-state index contributed by atoms with van der Waals surface area (Å²) < 4.78 is 8.76. The van der Waals surface area contributed by atoms with Crippen molar-refractivity contribution in [3.05, 3.63) is 200 Å². The predicted octanol–water partition coefficient (Wildman–Crippen LogP) is 13.8. The first-order chi connectivity index (χ1) is 27.8. The second kappa shape index (κ2) is 13.1. The highest BCUT2D eigenvalue weighted by Crippen LogP contribution is 2.41. The number of rotatable bonds is 6. The van der Waals surface area contributed by atoms with Crippen molar-refractivity contribution in [2.75, 3.05) is 0 Å². The van der Waals surface area contributed by atoms with Gasteiger partial charge in [0.1, 0.15) is 11.2 Å². The van der Waals surface area contributed by atoms with Crippen LogP contribution in [0.3, 0.4) is 0 Å². The number of benzene rings is 8. The molecule has 0 atom stereocenters. The largest absolute Gasteiger partial charge is 0.455 e. The number of nitrogens with zero attached hydrogens (tertiary/aromatic N) is 3. The number of fused-ring (bicyclic) bond motifs is 6. The Morgan fingerprint density at radius 1 is 0.375 bits per heavy atom. The molecule has 0 unspecified atom stereocenters. The molecule has 11 rings (SSSR count). The third-order valence-corrected chi connectivity index (χ3v) is 10.8. The van der Waals surface area contributed by atoms with E-state index < -0.39 is 0 Å². The van der Waals surface area contributed by atoms with Crippen LogP contribution in [0, 0.1) is 0 Å². The van der Waals surface area contributed by atoms with Crippen LogP contribution < -0.4 is 0 Å². The maximum absolute atomic E-state index is 6.39. The van der Waals surface area contributed by atoms with E-state index in [9.17, 15) is 0 Å². The van der Waals surface area contributed by atoms with Crippen molar-refractivity contribution in [3.63, 3.8) is 0 Å². The van der Waals surface area contributed by atoms with Crippen LogP contribution in [-0.2, 0) is 0 Å². The molecule has 0 spiro atoms. The first-order valence-electron chi connectivity index (χ1n) is 18.9. The van der Waals surface area contributed by atoms with E-state index in [2.05, 4.69) is 156 Å². The lowest BCUT2D eigenvalue weighted by Gasteiger charge is -2.12. The van der Waals surface area contributed by atoms with Gasteiger partial charge in [-0.2, -0.15) is 0 Å². The summed E-state index contributed by atoms with van der Waals surface area (Å²) in [4.78, 5) is 10.3. The van der Waals surface area contributed by atoms with Gasteiger partial charge in [0, 0.05) is 49.5 Å². The molecule has 0 radical (unpaired) electrons. The van der Waals surface area contributed by atoms with Crippen LogP contribution in [0.1, 0.15) is 0 Å². The lowest BCUT2D eigenvalue weighted by molar-refractivity contribution is 0.670. The standard InChI is InChI=1S/C52H33N3O/c1-3-14-35(15-4-1)45-33-46(36-16-5-2-6-17-36)54-52(53-45)38-19-11-18-37(32-38)40-22-13-26-48-50(40)44-21-7-9-25-47(44)55(48)39-30-28-34(29-31-39)41-23-12-24-43-42-20-8-10-27-49(42)56-51(41)43/h1-33H. The molecule has 3 aromatic heterocycles. The Labute approximate surface area is 323 Å². The highest BCUT2D eigenvalue weighted by atomic mass is 16.3. The monoisotopic (exact) mass is 715 g/mol. The molecule has 0 aliphatic rings. The van der Waals surface area contributed by atoms with Gasteiger partial charge in [0.25, 0.3) is 0 Å². The average Bonchev–Trinajstić information content (AvgIpc) is 3.83. The molecule has 0 saturated heterocycles. The molecular weight excluding hydrogens is 683 g/mol. The van der Waals surface area contributed by atoms with E-state index in [1.54, 1.807) is 0 Å². The van der Waals surface area contributed by atoms with Crippen LogP contribution in [0.4, 0.5) is 0 Å². The van der Waals surface area contributed by atoms with Crippen LogP contribution in [-0.4, -0.2) is 14.5 Å². The molecule has 8 aromatic carbocycles. The van der Waals surface area contributed by atoms with Crippen molar-refractivity contribution in [2.45, 2.75) is 0 Å². The Kier molecular flexibility index (Phi) is 7.46. The zero-order valence-corrected chi connectivity index (χ0v) is 30.3. The first-order valence-corrected chi connectivity index (χ1v) is 18.9. The normalized spacial score (nSPS) is 11.6. The fourth-order valence-corrected chi connectivity index (χ4v) is 8.22.